The lowest BCUT2D eigenvalue weighted by Crippen LogP contribution is -1.97. The maximum Gasteiger partial charge on any atom is 0.162 e. The Kier molecular flexibility index (Phi) is 4.33. The number of rotatable bonds is 5. The minimum absolute atomic E-state index is 0.0321. The SMILES string of the molecule is COc1cc2nccc(Nc3cccc(C(C)=O)c3)c2cc1OC. The summed E-state index contributed by atoms with van der Waals surface area (Å²) < 4.78 is 10.7. The molecule has 0 amide bonds. The van der Waals surface area contributed by atoms with Crippen molar-refractivity contribution in [2.75, 3.05) is 19.5 Å². The Morgan fingerprint density at radius 2 is 1.79 bits per heavy atom. The molecule has 1 aromatic heterocycles. The van der Waals surface area contributed by atoms with Crippen LogP contribution < -0.4 is 14.8 Å². The van der Waals surface area contributed by atoms with Gasteiger partial charge in [0.25, 0.3) is 0 Å². The van der Waals surface area contributed by atoms with Crippen molar-refractivity contribution in [3.05, 3.63) is 54.2 Å². The van der Waals surface area contributed by atoms with Crippen LogP contribution in [0.1, 0.15) is 17.3 Å². The average Bonchev–Trinajstić information content (AvgIpc) is 2.61. The van der Waals surface area contributed by atoms with Crippen LogP contribution in [-0.2, 0) is 0 Å². The Morgan fingerprint density at radius 1 is 1.04 bits per heavy atom. The first-order chi connectivity index (χ1) is 11.6. The number of ether oxygens (including phenoxy) is 2. The van der Waals surface area contributed by atoms with Gasteiger partial charge in [0.2, 0.25) is 0 Å². The van der Waals surface area contributed by atoms with E-state index in [0.717, 1.165) is 22.3 Å². The molecule has 5 nitrogen and oxygen atoms in total. The van der Waals surface area contributed by atoms with E-state index >= 15 is 0 Å². The Labute approximate surface area is 140 Å². The second-order valence-electron chi connectivity index (χ2n) is 5.34. The Bertz CT molecular complexity index is 906. The van der Waals surface area contributed by atoms with E-state index in [1.165, 1.54) is 0 Å². The van der Waals surface area contributed by atoms with Crippen molar-refractivity contribution in [1.29, 1.82) is 0 Å². The van der Waals surface area contributed by atoms with Crippen molar-refractivity contribution < 1.29 is 14.3 Å². The summed E-state index contributed by atoms with van der Waals surface area (Å²) in [4.78, 5) is 15.9. The molecule has 0 saturated heterocycles. The fraction of sp³-hybridized carbons (Fsp3) is 0.158. The van der Waals surface area contributed by atoms with Crippen LogP contribution in [0.2, 0.25) is 0 Å². The van der Waals surface area contributed by atoms with Gasteiger partial charge < -0.3 is 14.8 Å². The minimum atomic E-state index is 0.0321. The highest BCUT2D eigenvalue weighted by Crippen LogP contribution is 2.35. The number of ketones is 1. The summed E-state index contributed by atoms with van der Waals surface area (Å²) in [5.41, 5.74) is 3.17. The molecule has 1 N–H and O–H groups in total. The van der Waals surface area contributed by atoms with E-state index < -0.39 is 0 Å². The fourth-order valence-corrected chi connectivity index (χ4v) is 2.55. The quantitative estimate of drug-likeness (QED) is 0.713. The first-order valence-corrected chi connectivity index (χ1v) is 7.51. The molecule has 2 aromatic carbocycles. The normalized spacial score (nSPS) is 10.5. The molecule has 5 heteroatoms. The minimum Gasteiger partial charge on any atom is -0.493 e. The molecular formula is C19H18N2O3. The topological polar surface area (TPSA) is 60.5 Å². The fourth-order valence-electron chi connectivity index (χ4n) is 2.55. The van der Waals surface area contributed by atoms with E-state index in [9.17, 15) is 4.79 Å². The summed E-state index contributed by atoms with van der Waals surface area (Å²) in [5, 5.41) is 4.25. The molecule has 0 fully saturated rings. The molecule has 3 aromatic rings. The van der Waals surface area contributed by atoms with Crippen molar-refractivity contribution in [2.45, 2.75) is 6.92 Å². The molecule has 0 aliphatic carbocycles. The van der Waals surface area contributed by atoms with Crippen LogP contribution >= 0.6 is 0 Å². The zero-order valence-electron chi connectivity index (χ0n) is 13.8. The van der Waals surface area contributed by atoms with Crippen LogP contribution in [0.25, 0.3) is 10.9 Å². The van der Waals surface area contributed by atoms with E-state index in [1.807, 2.05) is 36.4 Å². The number of pyridine rings is 1. The zero-order chi connectivity index (χ0) is 17.1. The van der Waals surface area contributed by atoms with Gasteiger partial charge in [-0.25, -0.2) is 0 Å². The lowest BCUT2D eigenvalue weighted by molar-refractivity contribution is 0.101. The number of anilines is 2. The number of methoxy groups -OCH3 is 2. The molecule has 0 aliphatic heterocycles. The lowest BCUT2D eigenvalue weighted by Gasteiger charge is -2.13. The van der Waals surface area contributed by atoms with Gasteiger partial charge in [-0.3, -0.25) is 9.78 Å². The molecule has 0 atom stereocenters. The number of carbonyl (C=O) groups excluding carboxylic acids is 1. The number of hydrogen-bond donors (Lipinski definition) is 1. The van der Waals surface area contributed by atoms with E-state index in [4.69, 9.17) is 9.47 Å². The molecule has 1 heterocycles. The van der Waals surface area contributed by atoms with Gasteiger partial charge in [-0.15, -0.1) is 0 Å². The van der Waals surface area contributed by atoms with E-state index in [2.05, 4.69) is 10.3 Å². The molecule has 0 bridgehead atoms. The van der Waals surface area contributed by atoms with Crippen molar-refractivity contribution in [3.63, 3.8) is 0 Å². The van der Waals surface area contributed by atoms with Crippen molar-refractivity contribution >= 4 is 28.1 Å². The molecule has 24 heavy (non-hydrogen) atoms. The molecule has 122 valence electrons. The third kappa shape index (κ3) is 3.01. The van der Waals surface area contributed by atoms with Crippen molar-refractivity contribution in [3.8, 4) is 11.5 Å². The van der Waals surface area contributed by atoms with Crippen LogP contribution in [0.4, 0.5) is 11.4 Å². The number of hydrogen-bond acceptors (Lipinski definition) is 5. The first-order valence-electron chi connectivity index (χ1n) is 7.51. The van der Waals surface area contributed by atoms with Gasteiger partial charge in [0.15, 0.2) is 17.3 Å². The van der Waals surface area contributed by atoms with Gasteiger partial charge in [-0.2, -0.15) is 0 Å². The molecule has 0 spiro atoms. The molecule has 0 radical (unpaired) electrons. The van der Waals surface area contributed by atoms with Gasteiger partial charge in [-0.1, -0.05) is 12.1 Å². The summed E-state index contributed by atoms with van der Waals surface area (Å²) in [6.07, 6.45) is 1.73. The second-order valence-corrected chi connectivity index (χ2v) is 5.34. The molecular weight excluding hydrogens is 304 g/mol. The standard InChI is InChI=1S/C19H18N2O3/c1-12(22)13-5-4-6-14(9-13)21-16-7-8-20-17-11-19(24-3)18(23-2)10-15(16)17/h4-11H,1-3H3,(H,20,21). The van der Waals surface area contributed by atoms with Gasteiger partial charge in [0.05, 0.1) is 19.7 Å². The maximum atomic E-state index is 11.5. The number of carbonyl (C=O) groups is 1. The van der Waals surface area contributed by atoms with Crippen LogP contribution in [0, 0.1) is 0 Å². The third-order valence-electron chi connectivity index (χ3n) is 3.79. The number of aromatic nitrogens is 1. The highest BCUT2D eigenvalue weighted by molar-refractivity contribution is 5.97. The number of nitrogens with one attached hydrogen (secondary N) is 1. The zero-order valence-corrected chi connectivity index (χ0v) is 13.8. The Balaban J connectivity index is 2.06. The average molecular weight is 322 g/mol. The first kappa shape index (κ1) is 15.8. The third-order valence-corrected chi connectivity index (χ3v) is 3.79. The summed E-state index contributed by atoms with van der Waals surface area (Å²) in [7, 11) is 3.20. The molecule has 0 unspecified atom stereocenters. The maximum absolute atomic E-state index is 11.5. The van der Waals surface area contributed by atoms with Gasteiger partial charge in [-0.05, 0) is 31.2 Å². The second kappa shape index (κ2) is 6.58. The van der Waals surface area contributed by atoms with Crippen molar-refractivity contribution in [1.82, 2.24) is 4.98 Å². The molecule has 3 rings (SSSR count). The summed E-state index contributed by atoms with van der Waals surface area (Å²) in [6, 6.07) is 13.0. The Hall–Kier alpha value is -3.08. The number of fused-ring (bicyclic) bond motifs is 1. The largest absolute Gasteiger partial charge is 0.493 e. The molecule has 0 aliphatic rings. The van der Waals surface area contributed by atoms with Gasteiger partial charge >= 0.3 is 0 Å². The highest BCUT2D eigenvalue weighted by Gasteiger charge is 2.10. The van der Waals surface area contributed by atoms with Crippen LogP contribution in [0.3, 0.4) is 0 Å². The van der Waals surface area contributed by atoms with Gasteiger partial charge in [0.1, 0.15) is 0 Å². The summed E-state index contributed by atoms with van der Waals surface area (Å²) >= 11 is 0. The molecule has 0 saturated carbocycles. The monoisotopic (exact) mass is 322 g/mol. The van der Waals surface area contributed by atoms with E-state index in [1.54, 1.807) is 33.4 Å². The van der Waals surface area contributed by atoms with Crippen molar-refractivity contribution in [2.24, 2.45) is 0 Å². The number of Topliss-reactive ketones (excluding diaryl/α,β-unsaturated/α-hetero) is 1. The Morgan fingerprint density at radius 3 is 2.50 bits per heavy atom. The highest BCUT2D eigenvalue weighted by atomic mass is 16.5. The van der Waals surface area contributed by atoms with Crippen LogP contribution in [0.5, 0.6) is 11.5 Å². The number of nitrogens with zero attached hydrogens (tertiary/aromatic N) is 1. The predicted octanol–water partition coefficient (Wildman–Crippen LogP) is 4.20. The van der Waals surface area contributed by atoms with Gasteiger partial charge in [0, 0.05) is 34.6 Å². The van der Waals surface area contributed by atoms with E-state index in [0.29, 0.717) is 17.1 Å². The summed E-state index contributed by atoms with van der Waals surface area (Å²) in [5.74, 6) is 1.30. The smallest absolute Gasteiger partial charge is 0.162 e. The van der Waals surface area contributed by atoms with E-state index in [-0.39, 0.29) is 5.78 Å². The number of benzene rings is 2. The predicted molar refractivity (Wildman–Crippen MR) is 94.6 cm³/mol. The lowest BCUT2D eigenvalue weighted by atomic mass is 10.1. The van der Waals surface area contributed by atoms with Crippen LogP contribution in [0.15, 0.2) is 48.7 Å². The summed E-state index contributed by atoms with van der Waals surface area (Å²) in [6.45, 7) is 1.55. The van der Waals surface area contributed by atoms with Crippen LogP contribution in [-0.4, -0.2) is 25.0 Å².